The van der Waals surface area contributed by atoms with Gasteiger partial charge in [-0.15, -0.1) is 0 Å². The molecule has 0 atom stereocenters. The van der Waals surface area contributed by atoms with Gasteiger partial charge in [-0.25, -0.2) is 0 Å². The van der Waals surface area contributed by atoms with Crippen LogP contribution >= 0.6 is 0 Å². The second-order valence-electron chi connectivity index (χ2n) is 6.67. The summed E-state index contributed by atoms with van der Waals surface area (Å²) in [5.74, 6) is 0. The third kappa shape index (κ3) is 7.63. The first-order chi connectivity index (χ1) is 9.58. The summed E-state index contributed by atoms with van der Waals surface area (Å²) < 4.78 is 1.02. The Morgan fingerprint density at radius 3 is 1.90 bits per heavy atom. The van der Waals surface area contributed by atoms with Gasteiger partial charge in [-0.3, -0.25) is 4.48 Å². The molecule has 0 aliphatic heterocycles. The fourth-order valence-corrected chi connectivity index (χ4v) is 3.00. The van der Waals surface area contributed by atoms with Crippen LogP contribution in [0.4, 0.5) is 5.69 Å². The van der Waals surface area contributed by atoms with Gasteiger partial charge in [0.1, 0.15) is 5.69 Å². The van der Waals surface area contributed by atoms with E-state index >= 15 is 0 Å². The molecule has 0 aliphatic carbocycles. The summed E-state index contributed by atoms with van der Waals surface area (Å²) in [6, 6.07) is 8.80. The van der Waals surface area contributed by atoms with Crippen molar-refractivity contribution in [2.75, 3.05) is 20.6 Å². The number of aryl methyl sites for hydroxylation is 1. The SMILES string of the molecule is CCCCCCCCCC[N+](C)(C)c1ccccc1C.[OH-]. The molecule has 122 valence electrons. The van der Waals surface area contributed by atoms with E-state index in [1.807, 2.05) is 0 Å². The summed E-state index contributed by atoms with van der Waals surface area (Å²) in [4.78, 5) is 0. The molecular formula is C19H35NO. The quantitative estimate of drug-likeness (QED) is 0.412. The van der Waals surface area contributed by atoms with Gasteiger partial charge in [-0.1, -0.05) is 63.6 Å². The van der Waals surface area contributed by atoms with Gasteiger partial charge in [0.2, 0.25) is 0 Å². The Kier molecular flexibility index (Phi) is 10.4. The van der Waals surface area contributed by atoms with Crippen molar-refractivity contribution in [3.8, 4) is 0 Å². The number of benzene rings is 1. The van der Waals surface area contributed by atoms with E-state index in [9.17, 15) is 0 Å². The Bertz CT molecular complexity index is 374. The summed E-state index contributed by atoms with van der Waals surface area (Å²) in [6.07, 6.45) is 11.2. The molecule has 1 N–H and O–H groups in total. The van der Waals surface area contributed by atoms with Crippen LogP contribution in [0.2, 0.25) is 0 Å². The molecule has 0 heterocycles. The highest BCUT2D eigenvalue weighted by atomic mass is 16.0. The fraction of sp³-hybridized carbons (Fsp3) is 0.684. The Labute approximate surface area is 132 Å². The van der Waals surface area contributed by atoms with Crippen molar-refractivity contribution >= 4 is 5.69 Å². The average Bonchev–Trinajstić information content (AvgIpc) is 2.42. The predicted molar refractivity (Wildman–Crippen MR) is 94.2 cm³/mol. The zero-order valence-electron chi connectivity index (χ0n) is 14.6. The molecule has 21 heavy (non-hydrogen) atoms. The van der Waals surface area contributed by atoms with E-state index in [-0.39, 0.29) is 5.48 Å². The van der Waals surface area contributed by atoms with Gasteiger partial charge in [-0.05, 0) is 25.8 Å². The molecule has 0 saturated carbocycles. The second-order valence-corrected chi connectivity index (χ2v) is 6.67. The van der Waals surface area contributed by atoms with Gasteiger partial charge >= 0.3 is 0 Å². The minimum atomic E-state index is 0. The van der Waals surface area contributed by atoms with E-state index in [4.69, 9.17) is 0 Å². The van der Waals surface area contributed by atoms with Crippen LogP contribution in [0.3, 0.4) is 0 Å². The van der Waals surface area contributed by atoms with Crippen molar-refractivity contribution in [3.63, 3.8) is 0 Å². The molecule has 0 spiro atoms. The molecule has 0 aliphatic rings. The molecule has 0 fully saturated rings. The van der Waals surface area contributed by atoms with E-state index in [1.165, 1.54) is 69.2 Å². The van der Waals surface area contributed by atoms with Crippen LogP contribution in [-0.4, -0.2) is 26.1 Å². The lowest BCUT2D eigenvalue weighted by Gasteiger charge is -2.30. The van der Waals surface area contributed by atoms with Crippen molar-refractivity contribution in [3.05, 3.63) is 29.8 Å². The number of hydrogen-bond acceptors (Lipinski definition) is 1. The highest BCUT2D eigenvalue weighted by Crippen LogP contribution is 2.24. The van der Waals surface area contributed by atoms with Gasteiger partial charge in [-0.2, -0.15) is 0 Å². The molecule has 2 nitrogen and oxygen atoms in total. The number of unbranched alkanes of at least 4 members (excludes halogenated alkanes) is 7. The van der Waals surface area contributed by atoms with Gasteiger partial charge in [0.15, 0.2) is 0 Å². The standard InChI is InChI=1S/C19H34N.H2O/c1-5-6-7-8-9-10-11-14-17-20(3,4)19-16-13-12-15-18(19)2;/h12-13,15-16H,5-11,14,17H2,1-4H3;1H2/q+1;/p-1. The van der Waals surface area contributed by atoms with Crippen LogP contribution in [0.25, 0.3) is 0 Å². The van der Waals surface area contributed by atoms with Crippen LogP contribution in [0.5, 0.6) is 0 Å². The van der Waals surface area contributed by atoms with E-state index in [0.29, 0.717) is 0 Å². The van der Waals surface area contributed by atoms with Crippen molar-refractivity contribution in [1.29, 1.82) is 0 Å². The summed E-state index contributed by atoms with van der Waals surface area (Å²) >= 11 is 0. The first-order valence-corrected chi connectivity index (χ1v) is 8.47. The van der Waals surface area contributed by atoms with Crippen LogP contribution in [-0.2, 0) is 0 Å². The first kappa shape index (κ1) is 20.1. The topological polar surface area (TPSA) is 30.0 Å². The zero-order chi connectivity index (χ0) is 14.8. The van der Waals surface area contributed by atoms with Gasteiger partial charge in [0, 0.05) is 5.56 Å². The highest BCUT2D eigenvalue weighted by molar-refractivity contribution is 5.48. The minimum Gasteiger partial charge on any atom is -0.870 e. The summed E-state index contributed by atoms with van der Waals surface area (Å²) in [7, 11) is 4.67. The molecule has 1 rings (SSSR count). The van der Waals surface area contributed by atoms with E-state index in [0.717, 1.165) is 4.48 Å². The predicted octanol–water partition coefficient (Wildman–Crippen LogP) is 5.53. The van der Waals surface area contributed by atoms with E-state index < -0.39 is 0 Å². The van der Waals surface area contributed by atoms with Crippen molar-refractivity contribution < 1.29 is 5.48 Å². The Hall–Kier alpha value is -0.860. The fourth-order valence-electron chi connectivity index (χ4n) is 3.00. The lowest BCUT2D eigenvalue weighted by molar-refractivity contribution is 0.379. The van der Waals surface area contributed by atoms with Crippen molar-refractivity contribution in [2.24, 2.45) is 0 Å². The van der Waals surface area contributed by atoms with Crippen molar-refractivity contribution in [1.82, 2.24) is 4.48 Å². The van der Waals surface area contributed by atoms with E-state index in [2.05, 4.69) is 52.2 Å². The highest BCUT2D eigenvalue weighted by Gasteiger charge is 2.19. The first-order valence-electron chi connectivity index (χ1n) is 8.47. The maximum absolute atomic E-state index is 2.34. The monoisotopic (exact) mass is 293 g/mol. The molecule has 2 heteroatoms. The molecule has 0 unspecified atom stereocenters. The zero-order valence-corrected chi connectivity index (χ0v) is 14.6. The Morgan fingerprint density at radius 1 is 0.810 bits per heavy atom. The summed E-state index contributed by atoms with van der Waals surface area (Å²) in [5, 5.41) is 0. The molecule has 0 saturated heterocycles. The normalized spacial score (nSPS) is 11.2. The third-order valence-electron chi connectivity index (χ3n) is 4.34. The molecule has 0 aromatic heterocycles. The van der Waals surface area contributed by atoms with Crippen molar-refractivity contribution in [2.45, 2.75) is 65.2 Å². The smallest absolute Gasteiger partial charge is 0.135 e. The maximum atomic E-state index is 2.34. The maximum Gasteiger partial charge on any atom is 0.135 e. The summed E-state index contributed by atoms with van der Waals surface area (Å²) in [5.41, 5.74) is 2.88. The van der Waals surface area contributed by atoms with E-state index in [1.54, 1.807) is 0 Å². The minimum absolute atomic E-state index is 0. The molecular weight excluding hydrogens is 258 g/mol. The molecule has 0 amide bonds. The number of nitrogens with zero attached hydrogens (tertiary/aromatic N) is 1. The Balaban J connectivity index is 0.00000400. The van der Waals surface area contributed by atoms with Gasteiger partial charge < -0.3 is 5.48 Å². The molecule has 1 aromatic rings. The van der Waals surface area contributed by atoms with Crippen LogP contribution in [0.1, 0.15) is 63.9 Å². The molecule has 1 aromatic carbocycles. The number of rotatable bonds is 10. The molecule has 0 bridgehead atoms. The average molecular weight is 293 g/mol. The van der Waals surface area contributed by atoms with Crippen LogP contribution in [0, 0.1) is 6.92 Å². The number of quaternary nitrogens is 1. The number of hydrogen-bond donors (Lipinski definition) is 0. The second kappa shape index (κ2) is 10.8. The number of para-hydroxylation sites is 1. The molecule has 0 radical (unpaired) electrons. The summed E-state index contributed by atoms with van der Waals surface area (Å²) in [6.45, 7) is 5.76. The van der Waals surface area contributed by atoms with Crippen LogP contribution < -0.4 is 4.48 Å². The van der Waals surface area contributed by atoms with Gasteiger partial charge in [0.05, 0.1) is 20.6 Å². The largest absolute Gasteiger partial charge is 0.870 e. The Morgan fingerprint density at radius 2 is 1.33 bits per heavy atom. The lowest BCUT2D eigenvalue weighted by atomic mass is 10.1. The third-order valence-corrected chi connectivity index (χ3v) is 4.34. The van der Waals surface area contributed by atoms with Gasteiger partial charge in [0.25, 0.3) is 0 Å². The van der Waals surface area contributed by atoms with Crippen LogP contribution in [0.15, 0.2) is 24.3 Å². The lowest BCUT2D eigenvalue weighted by Crippen LogP contribution is -2.41.